The number of esters is 1. The van der Waals surface area contributed by atoms with Gasteiger partial charge < -0.3 is 15.4 Å². The molecule has 1 unspecified atom stereocenters. The predicted octanol–water partition coefficient (Wildman–Crippen LogP) is 6.04. The molecule has 33 heavy (non-hydrogen) atoms. The van der Waals surface area contributed by atoms with Crippen LogP contribution in [0.5, 0.6) is 0 Å². The van der Waals surface area contributed by atoms with Crippen LogP contribution in [-0.4, -0.2) is 12.0 Å². The summed E-state index contributed by atoms with van der Waals surface area (Å²) in [5.74, 6) is -0.205. The van der Waals surface area contributed by atoms with E-state index in [2.05, 4.69) is 64.0 Å². The van der Waals surface area contributed by atoms with Gasteiger partial charge in [-0.25, -0.2) is 0 Å². The molecule has 1 aliphatic rings. The fourth-order valence-electron chi connectivity index (χ4n) is 3.83. The van der Waals surface area contributed by atoms with Gasteiger partial charge in [-0.3, -0.25) is 4.79 Å². The molecule has 0 aliphatic carbocycles. The summed E-state index contributed by atoms with van der Waals surface area (Å²) in [5, 5.41) is 11.0. The lowest BCUT2D eigenvalue weighted by molar-refractivity contribution is -0.147. The van der Waals surface area contributed by atoms with Gasteiger partial charge in [-0.15, -0.1) is 0 Å². The van der Waals surface area contributed by atoms with Gasteiger partial charge in [0.25, 0.3) is 0 Å². The molecule has 0 radical (unpaired) electrons. The number of carbonyl (C=O) groups is 1. The van der Waals surface area contributed by atoms with Crippen molar-refractivity contribution in [3.63, 3.8) is 0 Å². The van der Waals surface area contributed by atoms with Crippen LogP contribution in [0.3, 0.4) is 0 Å². The van der Waals surface area contributed by atoms with Crippen LogP contribution in [0.2, 0.25) is 0 Å². The van der Waals surface area contributed by atoms with E-state index in [0.717, 1.165) is 30.5 Å². The summed E-state index contributed by atoms with van der Waals surface area (Å²) < 4.78 is 5.65. The number of carbonyl (C=O) groups excluding carboxylic acids is 1. The minimum atomic E-state index is -0.364. The molecule has 0 spiro atoms. The molecule has 170 valence electrons. The standard InChI is InChI=1S/C28H30N2O2S/c31-28(32-20-22-8-3-1-4-9-22)27(30-18-23-16-17-33-21-23)15-14-26-13-7-12-25(19-29-26)24-10-5-2-6-11-24/h1-6,8-11,13,16-17,19,21,27,29-30H,7,12,14-15,18,20H2. The predicted molar refractivity (Wildman–Crippen MR) is 135 cm³/mol. The molecule has 1 aliphatic heterocycles. The van der Waals surface area contributed by atoms with Crippen LogP contribution in [0, 0.1) is 0 Å². The monoisotopic (exact) mass is 458 g/mol. The molecule has 2 heterocycles. The highest BCUT2D eigenvalue weighted by Crippen LogP contribution is 2.23. The van der Waals surface area contributed by atoms with Gasteiger partial charge in [0.05, 0.1) is 0 Å². The van der Waals surface area contributed by atoms with Crippen molar-refractivity contribution in [1.29, 1.82) is 0 Å². The first kappa shape index (κ1) is 23.0. The van der Waals surface area contributed by atoms with Gasteiger partial charge in [-0.05, 0) is 64.8 Å². The lowest BCUT2D eigenvalue weighted by Crippen LogP contribution is -2.37. The number of thiophene rings is 1. The second kappa shape index (κ2) is 12.2. The van der Waals surface area contributed by atoms with Crippen LogP contribution in [0.1, 0.15) is 42.4 Å². The Hall–Kier alpha value is -3.15. The summed E-state index contributed by atoms with van der Waals surface area (Å²) in [4.78, 5) is 12.9. The molecular weight excluding hydrogens is 428 g/mol. The molecular formula is C28H30N2O2S. The SMILES string of the molecule is O=C(OCc1ccccc1)C(CCC1=CCCC(c2ccccc2)=CN1)NCc1ccsc1. The van der Waals surface area contributed by atoms with Crippen molar-refractivity contribution in [3.8, 4) is 0 Å². The fourth-order valence-corrected chi connectivity index (χ4v) is 4.50. The van der Waals surface area contributed by atoms with Crippen LogP contribution in [0.25, 0.3) is 5.57 Å². The van der Waals surface area contributed by atoms with Crippen molar-refractivity contribution in [2.45, 2.75) is 44.9 Å². The Bertz CT molecular complexity index is 1060. The summed E-state index contributed by atoms with van der Waals surface area (Å²) in [7, 11) is 0. The molecule has 0 saturated carbocycles. The third-order valence-electron chi connectivity index (χ3n) is 5.72. The zero-order valence-corrected chi connectivity index (χ0v) is 19.5. The molecule has 4 nitrogen and oxygen atoms in total. The Morgan fingerprint density at radius 3 is 2.58 bits per heavy atom. The minimum Gasteiger partial charge on any atom is -0.460 e. The summed E-state index contributed by atoms with van der Waals surface area (Å²) in [6.07, 6.45) is 7.78. The molecule has 5 heteroatoms. The Balaban J connectivity index is 1.35. The van der Waals surface area contributed by atoms with E-state index in [1.54, 1.807) is 11.3 Å². The fraction of sp³-hybridized carbons (Fsp3) is 0.250. The normalized spacial score (nSPS) is 14.4. The van der Waals surface area contributed by atoms with Crippen molar-refractivity contribution in [2.24, 2.45) is 0 Å². The van der Waals surface area contributed by atoms with E-state index >= 15 is 0 Å². The maximum absolute atomic E-state index is 12.9. The van der Waals surface area contributed by atoms with E-state index < -0.39 is 0 Å². The number of nitrogens with one attached hydrogen (secondary N) is 2. The van der Waals surface area contributed by atoms with Gasteiger partial charge in [-0.2, -0.15) is 11.3 Å². The van der Waals surface area contributed by atoms with Crippen molar-refractivity contribution >= 4 is 22.9 Å². The zero-order chi connectivity index (χ0) is 22.7. The van der Waals surface area contributed by atoms with E-state index in [9.17, 15) is 4.79 Å². The highest BCUT2D eigenvalue weighted by Gasteiger charge is 2.20. The zero-order valence-electron chi connectivity index (χ0n) is 18.7. The van der Waals surface area contributed by atoms with Crippen molar-refractivity contribution < 1.29 is 9.53 Å². The Morgan fingerprint density at radius 1 is 1.03 bits per heavy atom. The number of hydrogen-bond donors (Lipinski definition) is 2. The molecule has 3 aromatic rings. The number of hydrogen-bond acceptors (Lipinski definition) is 5. The van der Waals surface area contributed by atoms with Crippen molar-refractivity contribution in [1.82, 2.24) is 10.6 Å². The van der Waals surface area contributed by atoms with Gasteiger partial charge >= 0.3 is 5.97 Å². The molecule has 1 aromatic heterocycles. The van der Waals surface area contributed by atoms with Crippen molar-refractivity contribution in [3.05, 3.63) is 112 Å². The first-order valence-corrected chi connectivity index (χ1v) is 12.4. The average molecular weight is 459 g/mol. The molecule has 2 aromatic carbocycles. The molecule has 1 atom stereocenters. The molecule has 0 amide bonds. The number of ether oxygens (including phenoxy) is 1. The molecule has 0 fully saturated rings. The number of benzene rings is 2. The summed E-state index contributed by atoms with van der Waals surface area (Å²) in [6, 6.07) is 22.0. The number of allylic oxidation sites excluding steroid dienone is 3. The molecule has 4 rings (SSSR count). The Kier molecular flexibility index (Phi) is 8.50. The van der Waals surface area contributed by atoms with Gasteiger partial charge in [-0.1, -0.05) is 66.7 Å². The Labute approximate surface area is 200 Å². The first-order chi connectivity index (χ1) is 16.3. The van der Waals surface area contributed by atoms with Gasteiger partial charge in [0, 0.05) is 18.4 Å². The third-order valence-corrected chi connectivity index (χ3v) is 6.46. The average Bonchev–Trinajstić information content (AvgIpc) is 3.27. The van der Waals surface area contributed by atoms with Gasteiger partial charge in [0.15, 0.2) is 0 Å². The number of rotatable bonds is 10. The summed E-state index contributed by atoms with van der Waals surface area (Å²) >= 11 is 1.66. The minimum absolute atomic E-state index is 0.205. The van der Waals surface area contributed by atoms with E-state index in [0.29, 0.717) is 19.6 Å². The maximum atomic E-state index is 12.9. The molecule has 0 saturated heterocycles. The molecule has 0 bridgehead atoms. The van der Waals surface area contributed by atoms with E-state index in [1.165, 1.54) is 16.7 Å². The van der Waals surface area contributed by atoms with Crippen LogP contribution >= 0.6 is 11.3 Å². The smallest absolute Gasteiger partial charge is 0.323 e. The van der Waals surface area contributed by atoms with Crippen LogP contribution in [0.15, 0.2) is 95.5 Å². The van der Waals surface area contributed by atoms with E-state index in [-0.39, 0.29) is 12.0 Å². The summed E-state index contributed by atoms with van der Waals surface area (Å²) in [5.41, 5.74) is 5.88. The first-order valence-electron chi connectivity index (χ1n) is 11.4. The third kappa shape index (κ3) is 7.17. The second-order valence-corrected chi connectivity index (χ2v) is 8.93. The van der Waals surface area contributed by atoms with Crippen LogP contribution < -0.4 is 10.6 Å². The summed E-state index contributed by atoms with van der Waals surface area (Å²) in [6.45, 7) is 0.944. The van der Waals surface area contributed by atoms with Gasteiger partial charge in [0.1, 0.15) is 12.6 Å². The van der Waals surface area contributed by atoms with Crippen molar-refractivity contribution in [2.75, 3.05) is 0 Å². The molecule has 2 N–H and O–H groups in total. The van der Waals surface area contributed by atoms with E-state index in [4.69, 9.17) is 4.74 Å². The largest absolute Gasteiger partial charge is 0.460 e. The topological polar surface area (TPSA) is 50.4 Å². The lowest BCUT2D eigenvalue weighted by atomic mass is 10.0. The highest BCUT2D eigenvalue weighted by atomic mass is 32.1. The quantitative estimate of drug-likeness (QED) is 0.364. The van der Waals surface area contributed by atoms with Gasteiger partial charge in [0.2, 0.25) is 0 Å². The Morgan fingerprint density at radius 2 is 1.82 bits per heavy atom. The lowest BCUT2D eigenvalue weighted by Gasteiger charge is -2.18. The van der Waals surface area contributed by atoms with Crippen LogP contribution in [-0.2, 0) is 22.7 Å². The maximum Gasteiger partial charge on any atom is 0.323 e. The second-order valence-electron chi connectivity index (χ2n) is 8.15. The van der Waals surface area contributed by atoms with E-state index in [1.807, 2.05) is 36.4 Å². The highest BCUT2D eigenvalue weighted by molar-refractivity contribution is 7.07. The van der Waals surface area contributed by atoms with Crippen LogP contribution in [0.4, 0.5) is 0 Å².